The molecule has 0 bridgehead atoms. The monoisotopic (exact) mass is 541 g/mol. The Kier molecular flexibility index (Phi) is 9.77. The Labute approximate surface area is 228 Å². The molecular formula is C27H32ClN5O3S. The first-order valence-electron chi connectivity index (χ1n) is 11.9. The van der Waals surface area contributed by atoms with Gasteiger partial charge in [-0.15, -0.1) is 24.2 Å². The number of carbonyl (C=O) groups excluding carboxylic acids is 3. The number of para-hydroxylation sites is 1. The summed E-state index contributed by atoms with van der Waals surface area (Å²) >= 11 is 1.56. The molecule has 0 saturated carbocycles. The van der Waals surface area contributed by atoms with E-state index in [0.29, 0.717) is 24.3 Å². The van der Waals surface area contributed by atoms with Crippen molar-refractivity contribution in [2.75, 3.05) is 31.8 Å². The van der Waals surface area contributed by atoms with Gasteiger partial charge in [0.15, 0.2) is 0 Å². The fourth-order valence-electron chi connectivity index (χ4n) is 4.23. The quantitative estimate of drug-likeness (QED) is 0.523. The second kappa shape index (κ2) is 12.8. The van der Waals surface area contributed by atoms with Crippen LogP contribution in [0.1, 0.15) is 30.4 Å². The molecule has 2 aromatic carbocycles. The minimum Gasteiger partial charge on any atom is -0.351 e. The van der Waals surface area contributed by atoms with Gasteiger partial charge in [0.05, 0.1) is 17.2 Å². The van der Waals surface area contributed by atoms with Crippen LogP contribution in [0.25, 0.3) is 0 Å². The number of hydrogen-bond acceptors (Lipinski definition) is 7. The van der Waals surface area contributed by atoms with Crippen LogP contribution in [0.3, 0.4) is 0 Å². The standard InChI is InChI=1S/C27H31N5O3S.ClH/c1-30-16-17-31(2)27(30)36-18-20(33)12-9-15-23(34)28-25-26(35)32(3)22-14-8-7-13-21(22)24(29-25)19-10-5-4-6-11-19;/h4-8,10-11,13-14,16-17,25,27H,9,12,15,18H2,1-3H3,(H,28,34);1H. The molecular weight excluding hydrogens is 510 g/mol. The highest BCUT2D eigenvalue weighted by molar-refractivity contribution is 8.00. The van der Waals surface area contributed by atoms with Crippen LogP contribution in [0.5, 0.6) is 0 Å². The van der Waals surface area contributed by atoms with Gasteiger partial charge in [-0.3, -0.25) is 14.4 Å². The lowest BCUT2D eigenvalue weighted by Gasteiger charge is -2.26. The zero-order valence-electron chi connectivity index (χ0n) is 21.2. The van der Waals surface area contributed by atoms with E-state index in [-0.39, 0.29) is 41.9 Å². The van der Waals surface area contributed by atoms with Crippen molar-refractivity contribution in [2.24, 2.45) is 4.99 Å². The number of fused-ring (bicyclic) bond motifs is 1. The van der Waals surface area contributed by atoms with Crippen molar-refractivity contribution >= 4 is 53.2 Å². The van der Waals surface area contributed by atoms with Gasteiger partial charge in [-0.1, -0.05) is 48.5 Å². The topological polar surface area (TPSA) is 85.3 Å². The van der Waals surface area contributed by atoms with Crippen LogP contribution in [0, 0.1) is 0 Å². The number of amides is 2. The van der Waals surface area contributed by atoms with Crippen molar-refractivity contribution in [1.29, 1.82) is 0 Å². The number of anilines is 1. The fraction of sp³-hybridized carbons (Fsp3) is 0.333. The smallest absolute Gasteiger partial charge is 0.272 e. The Hall–Kier alpha value is -3.30. The molecule has 2 heterocycles. The molecule has 2 aliphatic heterocycles. The summed E-state index contributed by atoms with van der Waals surface area (Å²) < 4.78 is 0. The molecule has 0 saturated heterocycles. The Morgan fingerprint density at radius 2 is 1.59 bits per heavy atom. The van der Waals surface area contributed by atoms with E-state index in [2.05, 4.69) is 15.1 Å². The maximum Gasteiger partial charge on any atom is 0.272 e. The van der Waals surface area contributed by atoms with Crippen molar-refractivity contribution in [1.82, 2.24) is 15.1 Å². The lowest BCUT2D eigenvalue weighted by Crippen LogP contribution is -2.46. The van der Waals surface area contributed by atoms with Crippen molar-refractivity contribution in [2.45, 2.75) is 30.9 Å². The summed E-state index contributed by atoms with van der Waals surface area (Å²) in [6.45, 7) is 0. The normalized spacial score (nSPS) is 17.2. The number of nitrogens with zero attached hydrogens (tertiary/aromatic N) is 4. The van der Waals surface area contributed by atoms with Crippen molar-refractivity contribution in [3.63, 3.8) is 0 Å². The SMILES string of the molecule is CN1C(=O)C(NC(=O)CCCC(=O)CSC2N(C)C=CN2C)N=C(c2ccccc2)c2ccccc21.Cl. The molecule has 8 nitrogen and oxygen atoms in total. The molecule has 0 aromatic heterocycles. The zero-order chi connectivity index (χ0) is 25.7. The largest absolute Gasteiger partial charge is 0.351 e. The lowest BCUT2D eigenvalue weighted by molar-refractivity contribution is -0.127. The summed E-state index contributed by atoms with van der Waals surface area (Å²) in [5.41, 5.74) is 3.19. The van der Waals surface area contributed by atoms with Gasteiger partial charge in [-0.05, 0) is 12.5 Å². The van der Waals surface area contributed by atoms with Crippen LogP contribution < -0.4 is 10.2 Å². The number of ketones is 1. The number of halogens is 1. The molecule has 2 amide bonds. The molecule has 0 fully saturated rings. The van der Waals surface area contributed by atoms with Crippen LogP contribution >= 0.6 is 24.2 Å². The van der Waals surface area contributed by atoms with Crippen molar-refractivity contribution < 1.29 is 14.4 Å². The van der Waals surface area contributed by atoms with Gasteiger partial charge in [0.2, 0.25) is 12.1 Å². The van der Waals surface area contributed by atoms with Crippen molar-refractivity contribution in [3.8, 4) is 0 Å². The van der Waals surface area contributed by atoms with Gasteiger partial charge in [0.25, 0.3) is 5.91 Å². The van der Waals surface area contributed by atoms with Gasteiger partial charge in [-0.25, -0.2) is 4.99 Å². The molecule has 2 aromatic rings. The minimum atomic E-state index is -1.04. The number of hydrogen-bond donors (Lipinski definition) is 1. The Morgan fingerprint density at radius 1 is 0.946 bits per heavy atom. The summed E-state index contributed by atoms with van der Waals surface area (Å²) in [7, 11) is 5.64. The summed E-state index contributed by atoms with van der Waals surface area (Å²) in [4.78, 5) is 48.6. The first kappa shape index (κ1) is 28.3. The third kappa shape index (κ3) is 6.72. The molecule has 10 heteroatoms. The minimum absolute atomic E-state index is 0. The Bertz CT molecular complexity index is 1180. The third-order valence-electron chi connectivity index (χ3n) is 6.17. The number of aliphatic imine (C=N–C) groups is 1. The highest BCUT2D eigenvalue weighted by Crippen LogP contribution is 2.27. The maximum absolute atomic E-state index is 13.2. The molecule has 0 spiro atoms. The maximum atomic E-state index is 13.2. The van der Waals surface area contributed by atoms with Gasteiger partial charge in [-0.2, -0.15) is 0 Å². The molecule has 1 N–H and O–H groups in total. The Morgan fingerprint density at radius 3 is 2.30 bits per heavy atom. The highest BCUT2D eigenvalue weighted by Gasteiger charge is 2.30. The molecule has 1 atom stereocenters. The average molecular weight is 542 g/mol. The van der Waals surface area contributed by atoms with E-state index in [1.54, 1.807) is 18.8 Å². The van der Waals surface area contributed by atoms with E-state index in [0.717, 1.165) is 16.8 Å². The Balaban J connectivity index is 0.00000380. The summed E-state index contributed by atoms with van der Waals surface area (Å²) in [5, 5.41) is 2.78. The van der Waals surface area contributed by atoms with Gasteiger partial charge in [0, 0.05) is 57.5 Å². The van der Waals surface area contributed by atoms with Gasteiger partial charge < -0.3 is 20.0 Å². The first-order chi connectivity index (χ1) is 17.3. The number of benzodiazepines with no additional fused rings is 1. The van der Waals surface area contributed by atoms with Crippen LogP contribution in [-0.4, -0.2) is 71.7 Å². The van der Waals surface area contributed by atoms with Gasteiger partial charge >= 0.3 is 0 Å². The molecule has 37 heavy (non-hydrogen) atoms. The van der Waals surface area contributed by atoms with Gasteiger partial charge in [0.1, 0.15) is 11.3 Å². The first-order valence-corrected chi connectivity index (χ1v) is 12.9. The number of likely N-dealkylation sites (N-methyl/N-ethyl adjacent to an activating group) is 1. The molecule has 2 aliphatic rings. The van der Waals surface area contributed by atoms with E-state index < -0.39 is 6.17 Å². The van der Waals surface area contributed by atoms with E-state index in [9.17, 15) is 14.4 Å². The summed E-state index contributed by atoms with van der Waals surface area (Å²) in [6.07, 6.45) is 3.80. The summed E-state index contributed by atoms with van der Waals surface area (Å²) in [5.74, 6) is -0.125. The number of carbonyl (C=O) groups is 3. The number of thioether (sulfide) groups is 1. The zero-order valence-corrected chi connectivity index (χ0v) is 22.8. The van der Waals surface area contributed by atoms with Crippen LogP contribution in [-0.2, 0) is 14.4 Å². The van der Waals surface area contributed by atoms with Crippen LogP contribution in [0.2, 0.25) is 0 Å². The second-order valence-corrected chi connectivity index (χ2v) is 9.93. The highest BCUT2D eigenvalue weighted by atomic mass is 35.5. The predicted octanol–water partition coefficient (Wildman–Crippen LogP) is 3.47. The second-order valence-electron chi connectivity index (χ2n) is 8.89. The average Bonchev–Trinajstić information content (AvgIpc) is 3.16. The molecule has 1 unspecified atom stereocenters. The lowest BCUT2D eigenvalue weighted by atomic mass is 10.0. The number of benzene rings is 2. The third-order valence-corrected chi connectivity index (χ3v) is 7.63. The summed E-state index contributed by atoms with van der Waals surface area (Å²) in [6, 6.07) is 17.2. The fourth-order valence-corrected chi connectivity index (χ4v) is 5.32. The van der Waals surface area contributed by atoms with Crippen molar-refractivity contribution in [3.05, 3.63) is 78.1 Å². The van der Waals surface area contributed by atoms with E-state index >= 15 is 0 Å². The molecule has 196 valence electrons. The van der Waals surface area contributed by atoms with E-state index in [1.165, 1.54) is 4.90 Å². The van der Waals surface area contributed by atoms with E-state index in [1.807, 2.05) is 81.1 Å². The molecule has 0 aliphatic carbocycles. The molecule has 0 radical (unpaired) electrons. The van der Waals surface area contributed by atoms with E-state index in [4.69, 9.17) is 4.99 Å². The number of rotatable bonds is 9. The predicted molar refractivity (Wildman–Crippen MR) is 151 cm³/mol. The molecule has 4 rings (SSSR count). The van der Waals surface area contributed by atoms with Crippen LogP contribution in [0.4, 0.5) is 5.69 Å². The number of Topliss-reactive ketones (excluding diaryl/α,β-unsaturated/α-hetero) is 1. The number of nitrogens with one attached hydrogen (secondary N) is 1. The van der Waals surface area contributed by atoms with Crippen LogP contribution in [0.15, 0.2) is 72.0 Å².